The number of nitrogens with one attached hydrogen (secondary N) is 2. The van der Waals surface area contributed by atoms with Crippen molar-refractivity contribution in [2.45, 2.75) is 38.8 Å². The van der Waals surface area contributed by atoms with Crippen molar-refractivity contribution in [2.24, 2.45) is 5.92 Å². The van der Waals surface area contributed by atoms with E-state index in [0.717, 1.165) is 12.8 Å². The van der Waals surface area contributed by atoms with E-state index in [1.807, 2.05) is 0 Å². The fraction of sp³-hybridized carbons (Fsp3) is 0.583. The second-order valence-electron chi connectivity index (χ2n) is 4.73. The van der Waals surface area contributed by atoms with Crippen molar-refractivity contribution in [3.63, 3.8) is 0 Å². The molecule has 2 rings (SSSR count). The molecule has 0 aliphatic heterocycles. The van der Waals surface area contributed by atoms with Crippen LogP contribution in [0.2, 0.25) is 0 Å². The predicted molar refractivity (Wildman–Crippen MR) is 71.3 cm³/mol. The highest BCUT2D eigenvalue weighted by Gasteiger charge is 2.36. The molecule has 1 fully saturated rings. The lowest BCUT2D eigenvalue weighted by Gasteiger charge is -2.12. The van der Waals surface area contributed by atoms with E-state index in [-0.39, 0.29) is 23.8 Å². The molecule has 2 amide bonds. The quantitative estimate of drug-likeness (QED) is 0.770. The van der Waals surface area contributed by atoms with Gasteiger partial charge in [-0.25, -0.2) is 14.6 Å². The molecule has 3 N–H and O–H groups in total. The molecule has 1 aliphatic carbocycles. The molecule has 1 saturated carbocycles. The maximum Gasteiger partial charge on any atom is 0.355 e. The first kappa shape index (κ1) is 13.8. The summed E-state index contributed by atoms with van der Waals surface area (Å²) in [6.07, 6.45) is 2.12. The maximum atomic E-state index is 11.7. The van der Waals surface area contributed by atoms with E-state index in [4.69, 9.17) is 5.11 Å². The number of hydrogen-bond donors (Lipinski definition) is 3. The molecule has 0 aromatic carbocycles. The van der Waals surface area contributed by atoms with Gasteiger partial charge in [0.15, 0.2) is 5.69 Å². The van der Waals surface area contributed by atoms with Crippen LogP contribution in [0.25, 0.3) is 0 Å². The number of thiazole rings is 1. The average Bonchev–Trinajstić information content (AvgIpc) is 2.91. The summed E-state index contributed by atoms with van der Waals surface area (Å²) in [7, 11) is 0. The van der Waals surface area contributed by atoms with Crippen LogP contribution < -0.4 is 10.6 Å². The number of aromatic nitrogens is 1. The number of nitrogens with zero attached hydrogens (tertiary/aromatic N) is 1. The maximum absolute atomic E-state index is 11.7. The fourth-order valence-corrected chi connectivity index (χ4v) is 2.73. The van der Waals surface area contributed by atoms with E-state index < -0.39 is 5.97 Å². The van der Waals surface area contributed by atoms with E-state index in [0.29, 0.717) is 10.9 Å². The summed E-state index contributed by atoms with van der Waals surface area (Å²) in [6, 6.07) is -0.236. The number of carbonyl (C=O) groups is 2. The van der Waals surface area contributed by atoms with Crippen LogP contribution in [0.15, 0.2) is 5.38 Å². The Bertz CT molecular complexity index is 488. The molecular weight excluding hydrogens is 266 g/mol. The minimum absolute atomic E-state index is 0.0160. The van der Waals surface area contributed by atoms with Gasteiger partial charge in [0.2, 0.25) is 0 Å². The molecule has 19 heavy (non-hydrogen) atoms. The van der Waals surface area contributed by atoms with Gasteiger partial charge in [0.1, 0.15) is 5.01 Å². The second kappa shape index (κ2) is 5.56. The van der Waals surface area contributed by atoms with E-state index in [1.54, 1.807) is 6.92 Å². The smallest absolute Gasteiger partial charge is 0.355 e. The average molecular weight is 283 g/mol. The lowest BCUT2D eigenvalue weighted by atomic mass is 10.3. The van der Waals surface area contributed by atoms with Gasteiger partial charge < -0.3 is 15.7 Å². The van der Waals surface area contributed by atoms with Crippen LogP contribution in [0.5, 0.6) is 0 Å². The molecule has 6 nitrogen and oxygen atoms in total. The monoisotopic (exact) mass is 283 g/mol. The highest BCUT2D eigenvalue weighted by atomic mass is 32.1. The Kier molecular flexibility index (Phi) is 4.04. The molecule has 1 aliphatic rings. The third kappa shape index (κ3) is 3.44. The first-order valence-corrected chi connectivity index (χ1v) is 7.15. The van der Waals surface area contributed by atoms with Crippen molar-refractivity contribution in [1.29, 1.82) is 0 Å². The number of amides is 2. The van der Waals surface area contributed by atoms with E-state index in [1.165, 1.54) is 16.7 Å². The molecule has 1 aromatic heterocycles. The number of aromatic carboxylic acids is 1. The SMILES string of the molecule is CCC1CC1NC(=O)NC(C)c1nc(C(=O)O)cs1. The van der Waals surface area contributed by atoms with E-state index >= 15 is 0 Å². The first-order valence-electron chi connectivity index (χ1n) is 6.27. The summed E-state index contributed by atoms with van der Waals surface area (Å²) in [5.74, 6) is -0.456. The van der Waals surface area contributed by atoms with Crippen molar-refractivity contribution in [1.82, 2.24) is 15.6 Å². The van der Waals surface area contributed by atoms with Crippen molar-refractivity contribution >= 4 is 23.3 Å². The van der Waals surface area contributed by atoms with Gasteiger partial charge in [-0.15, -0.1) is 11.3 Å². The summed E-state index contributed by atoms with van der Waals surface area (Å²) in [4.78, 5) is 26.4. The lowest BCUT2D eigenvalue weighted by molar-refractivity contribution is 0.0691. The normalized spacial score (nSPS) is 22.6. The van der Waals surface area contributed by atoms with Gasteiger partial charge in [0.25, 0.3) is 0 Å². The molecule has 0 saturated heterocycles. The number of carboxylic acids is 1. The van der Waals surface area contributed by atoms with Crippen molar-refractivity contribution in [3.8, 4) is 0 Å². The van der Waals surface area contributed by atoms with E-state index in [9.17, 15) is 9.59 Å². The topological polar surface area (TPSA) is 91.3 Å². The van der Waals surface area contributed by atoms with Crippen LogP contribution in [-0.2, 0) is 0 Å². The van der Waals surface area contributed by atoms with Crippen LogP contribution >= 0.6 is 11.3 Å². The molecule has 1 heterocycles. The largest absolute Gasteiger partial charge is 0.476 e. The molecule has 7 heteroatoms. The van der Waals surface area contributed by atoms with Gasteiger partial charge in [-0.05, 0) is 19.3 Å². The summed E-state index contributed by atoms with van der Waals surface area (Å²) in [6.45, 7) is 3.89. The predicted octanol–water partition coefficient (Wildman–Crippen LogP) is 2.00. The lowest BCUT2D eigenvalue weighted by Crippen LogP contribution is -2.38. The van der Waals surface area contributed by atoms with Crippen LogP contribution in [0, 0.1) is 5.92 Å². The third-order valence-corrected chi connectivity index (χ3v) is 4.25. The van der Waals surface area contributed by atoms with E-state index in [2.05, 4.69) is 22.5 Å². The highest BCUT2D eigenvalue weighted by molar-refractivity contribution is 7.09. The first-order chi connectivity index (χ1) is 9.01. The summed E-state index contributed by atoms with van der Waals surface area (Å²) >= 11 is 1.23. The van der Waals surface area contributed by atoms with Crippen molar-refractivity contribution < 1.29 is 14.7 Å². The number of urea groups is 1. The summed E-state index contributed by atoms with van der Waals surface area (Å²) in [5, 5.41) is 16.5. The molecule has 0 radical (unpaired) electrons. The number of carboxylic acid groups (broad SMARTS) is 1. The Morgan fingerprint density at radius 1 is 1.63 bits per heavy atom. The zero-order valence-corrected chi connectivity index (χ0v) is 11.7. The molecule has 104 valence electrons. The molecule has 0 spiro atoms. The Morgan fingerprint density at radius 3 is 2.89 bits per heavy atom. The fourth-order valence-electron chi connectivity index (χ4n) is 1.93. The molecular formula is C12H17N3O3S. The van der Waals surface area contributed by atoms with Crippen LogP contribution in [0.4, 0.5) is 4.79 Å². The van der Waals surface area contributed by atoms with Crippen LogP contribution in [-0.4, -0.2) is 28.1 Å². The molecule has 3 atom stereocenters. The molecule has 1 aromatic rings. The van der Waals surface area contributed by atoms with Gasteiger partial charge in [-0.2, -0.15) is 0 Å². The summed E-state index contributed by atoms with van der Waals surface area (Å²) in [5.41, 5.74) is 0.0160. The number of carbonyl (C=O) groups excluding carboxylic acids is 1. The van der Waals surface area contributed by atoms with Gasteiger partial charge in [-0.3, -0.25) is 0 Å². The Hall–Kier alpha value is -1.63. The zero-order valence-electron chi connectivity index (χ0n) is 10.8. The second-order valence-corrected chi connectivity index (χ2v) is 5.62. The van der Waals surface area contributed by atoms with Crippen LogP contribution in [0.1, 0.15) is 48.2 Å². The van der Waals surface area contributed by atoms with Gasteiger partial charge >= 0.3 is 12.0 Å². The van der Waals surface area contributed by atoms with Crippen molar-refractivity contribution in [2.75, 3.05) is 0 Å². The standard InChI is InChI=1S/C12H17N3O3S/c1-3-7-4-8(7)15-12(18)13-6(2)10-14-9(5-19-10)11(16)17/h5-8H,3-4H2,1-2H3,(H,16,17)(H2,13,15,18). The number of hydrogen-bond acceptors (Lipinski definition) is 4. The molecule has 0 bridgehead atoms. The highest BCUT2D eigenvalue weighted by Crippen LogP contribution is 2.33. The van der Waals surface area contributed by atoms with Crippen molar-refractivity contribution in [3.05, 3.63) is 16.1 Å². The third-order valence-electron chi connectivity index (χ3n) is 3.22. The summed E-state index contributed by atoms with van der Waals surface area (Å²) < 4.78 is 0. The Morgan fingerprint density at radius 2 is 2.37 bits per heavy atom. The Balaban J connectivity index is 1.84. The Labute approximate surface area is 115 Å². The van der Waals surface area contributed by atoms with Gasteiger partial charge in [0.05, 0.1) is 6.04 Å². The number of rotatable bonds is 5. The van der Waals surface area contributed by atoms with Crippen LogP contribution in [0.3, 0.4) is 0 Å². The molecule has 3 unspecified atom stereocenters. The minimum atomic E-state index is -1.05. The van der Waals surface area contributed by atoms with Gasteiger partial charge in [-0.1, -0.05) is 13.3 Å². The zero-order chi connectivity index (χ0) is 14.0. The van der Waals surface area contributed by atoms with Gasteiger partial charge in [0, 0.05) is 11.4 Å². The minimum Gasteiger partial charge on any atom is -0.476 e.